The highest BCUT2D eigenvalue weighted by atomic mass is 16.2. The molecular formula is C21H18N4O. The molecule has 5 heteroatoms. The van der Waals surface area contributed by atoms with Gasteiger partial charge in [0.1, 0.15) is 5.82 Å². The predicted octanol–water partition coefficient (Wildman–Crippen LogP) is 4.09. The lowest BCUT2D eigenvalue weighted by molar-refractivity contribution is 0.0730. The van der Waals surface area contributed by atoms with Crippen molar-refractivity contribution in [2.24, 2.45) is 0 Å². The molecule has 0 spiro atoms. The zero-order valence-corrected chi connectivity index (χ0v) is 14.2. The van der Waals surface area contributed by atoms with Crippen molar-refractivity contribution < 1.29 is 4.79 Å². The van der Waals surface area contributed by atoms with Gasteiger partial charge < -0.3 is 9.88 Å². The van der Waals surface area contributed by atoms with Crippen LogP contribution in [0, 0.1) is 0 Å². The summed E-state index contributed by atoms with van der Waals surface area (Å²) in [7, 11) is 0. The first-order valence-corrected chi connectivity index (χ1v) is 8.90. The molecule has 5 nitrogen and oxygen atoms in total. The zero-order chi connectivity index (χ0) is 17.5. The van der Waals surface area contributed by atoms with Crippen molar-refractivity contribution in [3.05, 3.63) is 72.2 Å². The number of hydrogen-bond donors (Lipinski definition) is 1. The number of amides is 1. The molecule has 1 amide bonds. The van der Waals surface area contributed by atoms with Gasteiger partial charge in [0.05, 0.1) is 22.6 Å². The quantitative estimate of drug-likeness (QED) is 0.597. The number of benzene rings is 2. The van der Waals surface area contributed by atoms with Crippen LogP contribution < -0.4 is 0 Å². The van der Waals surface area contributed by atoms with Gasteiger partial charge in [0.15, 0.2) is 0 Å². The van der Waals surface area contributed by atoms with Gasteiger partial charge >= 0.3 is 0 Å². The van der Waals surface area contributed by atoms with E-state index in [-0.39, 0.29) is 11.9 Å². The van der Waals surface area contributed by atoms with Gasteiger partial charge in [-0.2, -0.15) is 0 Å². The van der Waals surface area contributed by atoms with Gasteiger partial charge in [0.2, 0.25) is 0 Å². The number of carbonyl (C=O) groups excluding carboxylic acids is 1. The number of aromatic nitrogens is 3. The molecule has 26 heavy (non-hydrogen) atoms. The molecule has 0 unspecified atom stereocenters. The molecule has 0 saturated carbocycles. The van der Waals surface area contributed by atoms with Crippen molar-refractivity contribution in [1.29, 1.82) is 0 Å². The number of nitrogens with one attached hydrogen (secondary N) is 1. The van der Waals surface area contributed by atoms with Crippen molar-refractivity contribution >= 4 is 27.8 Å². The Morgan fingerprint density at radius 3 is 2.92 bits per heavy atom. The number of pyridine rings is 1. The second-order valence-electron chi connectivity index (χ2n) is 6.71. The summed E-state index contributed by atoms with van der Waals surface area (Å²) in [6, 6.07) is 17.6. The Labute approximate surface area is 150 Å². The summed E-state index contributed by atoms with van der Waals surface area (Å²) in [5.41, 5.74) is 3.56. The molecule has 1 saturated heterocycles. The lowest BCUT2D eigenvalue weighted by Crippen LogP contribution is -2.31. The zero-order valence-electron chi connectivity index (χ0n) is 14.2. The molecule has 1 N–H and O–H groups in total. The molecule has 128 valence electrons. The van der Waals surface area contributed by atoms with Crippen LogP contribution in [0.2, 0.25) is 0 Å². The molecule has 0 aliphatic carbocycles. The van der Waals surface area contributed by atoms with Gasteiger partial charge in [-0.05, 0) is 49.2 Å². The maximum atomic E-state index is 13.2. The SMILES string of the molecule is O=C(c1ccc2ncccc2c1)N1CCC[C@@H]1c1nc2ccccc2[nH]1. The summed E-state index contributed by atoms with van der Waals surface area (Å²) in [5.74, 6) is 0.929. The maximum absolute atomic E-state index is 13.2. The Kier molecular flexibility index (Phi) is 3.45. The highest BCUT2D eigenvalue weighted by Crippen LogP contribution is 2.33. The van der Waals surface area contributed by atoms with Crippen LogP contribution in [0.15, 0.2) is 60.8 Å². The number of likely N-dealkylation sites (tertiary alicyclic amines) is 1. The topological polar surface area (TPSA) is 61.9 Å². The van der Waals surface area contributed by atoms with Crippen LogP contribution in [-0.2, 0) is 0 Å². The Hall–Kier alpha value is -3.21. The van der Waals surface area contributed by atoms with Gasteiger partial charge in [-0.3, -0.25) is 9.78 Å². The number of hydrogen-bond acceptors (Lipinski definition) is 3. The molecule has 2 aromatic heterocycles. The van der Waals surface area contributed by atoms with E-state index >= 15 is 0 Å². The minimum Gasteiger partial charge on any atom is -0.340 e. The maximum Gasteiger partial charge on any atom is 0.254 e. The van der Waals surface area contributed by atoms with Gasteiger partial charge in [0.25, 0.3) is 5.91 Å². The fraction of sp³-hybridized carbons (Fsp3) is 0.190. The third kappa shape index (κ3) is 2.44. The Bertz CT molecular complexity index is 1080. The highest BCUT2D eigenvalue weighted by molar-refractivity contribution is 5.98. The van der Waals surface area contributed by atoms with E-state index in [1.54, 1.807) is 6.20 Å². The van der Waals surface area contributed by atoms with Crippen LogP contribution >= 0.6 is 0 Å². The number of H-pyrrole nitrogens is 1. The monoisotopic (exact) mass is 342 g/mol. The molecule has 0 bridgehead atoms. The predicted molar refractivity (Wildman–Crippen MR) is 101 cm³/mol. The number of rotatable bonds is 2. The Morgan fingerprint density at radius 1 is 1.08 bits per heavy atom. The van der Waals surface area contributed by atoms with Crippen molar-refractivity contribution in [2.45, 2.75) is 18.9 Å². The van der Waals surface area contributed by atoms with E-state index < -0.39 is 0 Å². The lowest BCUT2D eigenvalue weighted by Gasteiger charge is -2.23. The van der Waals surface area contributed by atoms with E-state index in [1.807, 2.05) is 59.5 Å². The summed E-state index contributed by atoms with van der Waals surface area (Å²) < 4.78 is 0. The Balaban J connectivity index is 1.49. The molecule has 2 aromatic carbocycles. The first-order chi connectivity index (χ1) is 12.8. The summed E-state index contributed by atoms with van der Waals surface area (Å²) >= 11 is 0. The molecule has 1 aliphatic rings. The van der Waals surface area contributed by atoms with E-state index in [2.05, 4.69) is 9.97 Å². The van der Waals surface area contributed by atoms with Gasteiger partial charge in [0, 0.05) is 23.7 Å². The minimum absolute atomic E-state index is 0.000467. The van der Waals surface area contributed by atoms with Crippen molar-refractivity contribution in [3.8, 4) is 0 Å². The molecule has 4 aromatic rings. The van der Waals surface area contributed by atoms with E-state index in [0.717, 1.165) is 47.1 Å². The number of aromatic amines is 1. The molecule has 0 radical (unpaired) electrons. The largest absolute Gasteiger partial charge is 0.340 e. The van der Waals surface area contributed by atoms with E-state index in [4.69, 9.17) is 4.98 Å². The van der Waals surface area contributed by atoms with Crippen LogP contribution in [0.5, 0.6) is 0 Å². The summed E-state index contributed by atoms with van der Waals surface area (Å²) in [6.45, 7) is 0.756. The van der Waals surface area contributed by atoms with E-state index in [1.165, 1.54) is 0 Å². The van der Waals surface area contributed by atoms with E-state index in [9.17, 15) is 4.79 Å². The molecule has 5 rings (SSSR count). The fourth-order valence-corrected chi connectivity index (χ4v) is 3.80. The Morgan fingerprint density at radius 2 is 2.00 bits per heavy atom. The van der Waals surface area contributed by atoms with Crippen LogP contribution in [0.4, 0.5) is 0 Å². The summed E-state index contributed by atoms with van der Waals surface area (Å²) in [6.07, 6.45) is 3.69. The normalized spacial score (nSPS) is 17.2. The van der Waals surface area contributed by atoms with Crippen molar-refractivity contribution in [1.82, 2.24) is 19.9 Å². The third-order valence-corrected chi connectivity index (χ3v) is 5.09. The summed E-state index contributed by atoms with van der Waals surface area (Å²) in [4.78, 5) is 27.5. The highest BCUT2D eigenvalue weighted by Gasteiger charge is 2.32. The average Bonchev–Trinajstić information content (AvgIpc) is 3.33. The van der Waals surface area contributed by atoms with Crippen molar-refractivity contribution in [2.75, 3.05) is 6.54 Å². The molecule has 3 heterocycles. The second-order valence-corrected chi connectivity index (χ2v) is 6.71. The molecular weight excluding hydrogens is 324 g/mol. The number of nitrogens with zero attached hydrogens (tertiary/aromatic N) is 3. The summed E-state index contributed by atoms with van der Waals surface area (Å²) in [5, 5.41) is 0.984. The van der Waals surface area contributed by atoms with Crippen molar-refractivity contribution in [3.63, 3.8) is 0 Å². The third-order valence-electron chi connectivity index (χ3n) is 5.09. The average molecular weight is 342 g/mol. The number of carbonyl (C=O) groups is 1. The fourth-order valence-electron chi connectivity index (χ4n) is 3.80. The van der Waals surface area contributed by atoms with Crippen LogP contribution in [0.25, 0.3) is 21.9 Å². The lowest BCUT2D eigenvalue weighted by atomic mass is 10.1. The van der Waals surface area contributed by atoms with Crippen LogP contribution in [0.3, 0.4) is 0 Å². The number of para-hydroxylation sites is 2. The van der Waals surface area contributed by atoms with Gasteiger partial charge in [-0.25, -0.2) is 4.98 Å². The number of fused-ring (bicyclic) bond motifs is 2. The standard InChI is InChI=1S/C21H18N4O/c26-21(15-9-10-16-14(13-15)5-3-11-22-16)25-12-4-8-19(25)20-23-17-6-1-2-7-18(17)24-20/h1-3,5-7,9-11,13,19H,4,8,12H2,(H,23,24)/t19-/m1/s1. The molecule has 1 fully saturated rings. The smallest absolute Gasteiger partial charge is 0.254 e. The first kappa shape index (κ1) is 15.1. The minimum atomic E-state index is -0.000467. The molecule has 1 atom stereocenters. The van der Waals surface area contributed by atoms with Gasteiger partial charge in [-0.15, -0.1) is 0 Å². The van der Waals surface area contributed by atoms with Gasteiger partial charge in [-0.1, -0.05) is 18.2 Å². The molecule has 1 aliphatic heterocycles. The van der Waals surface area contributed by atoms with Crippen LogP contribution in [-0.4, -0.2) is 32.3 Å². The van der Waals surface area contributed by atoms with Crippen LogP contribution in [0.1, 0.15) is 35.1 Å². The number of imidazole rings is 1. The second kappa shape index (κ2) is 5.95. The van der Waals surface area contributed by atoms with E-state index in [0.29, 0.717) is 5.56 Å². The first-order valence-electron chi connectivity index (χ1n) is 8.90.